The molecule has 2 heteroatoms. The molecule has 1 aliphatic carbocycles. The second-order valence-electron chi connectivity index (χ2n) is 5.56. The molecule has 2 N–H and O–H groups in total. The molecule has 2 nitrogen and oxygen atoms in total. The Morgan fingerprint density at radius 3 is 2.47 bits per heavy atom. The Morgan fingerprint density at radius 1 is 1.00 bits per heavy atom. The molecule has 92 valence electrons. The van der Waals surface area contributed by atoms with Gasteiger partial charge in [-0.05, 0) is 43.2 Å². The summed E-state index contributed by atoms with van der Waals surface area (Å²) in [6, 6.07) is 10.1. The van der Waals surface area contributed by atoms with E-state index >= 15 is 0 Å². The Bertz CT molecular complexity index is 380. The van der Waals surface area contributed by atoms with Crippen molar-refractivity contribution in [1.82, 2.24) is 4.90 Å². The van der Waals surface area contributed by atoms with Crippen molar-refractivity contribution in [3.05, 3.63) is 35.4 Å². The molecule has 2 aliphatic rings. The molecule has 1 aromatic carbocycles. The van der Waals surface area contributed by atoms with E-state index in [4.69, 9.17) is 5.73 Å². The SMILES string of the molecule is NC1CCC(N2CCc3ccccc3C2)CC1. The number of benzene rings is 1. The van der Waals surface area contributed by atoms with Crippen molar-refractivity contribution in [1.29, 1.82) is 0 Å². The van der Waals surface area contributed by atoms with Gasteiger partial charge in [0.1, 0.15) is 0 Å². The first-order chi connectivity index (χ1) is 8.33. The summed E-state index contributed by atoms with van der Waals surface area (Å²) in [6.07, 6.45) is 6.23. The molecule has 3 rings (SSSR count). The smallest absolute Gasteiger partial charge is 0.0239 e. The molecular formula is C15H22N2. The molecule has 1 fully saturated rings. The quantitative estimate of drug-likeness (QED) is 0.802. The molecule has 0 saturated heterocycles. The maximum atomic E-state index is 5.98. The maximum Gasteiger partial charge on any atom is 0.0239 e. The lowest BCUT2D eigenvalue weighted by Gasteiger charge is -2.38. The molecule has 1 saturated carbocycles. The van der Waals surface area contributed by atoms with Crippen LogP contribution in [0.15, 0.2) is 24.3 Å². The standard InChI is InChI=1S/C15H22N2/c16-14-5-7-15(8-6-14)17-10-9-12-3-1-2-4-13(12)11-17/h1-4,14-15H,5-11,16H2. The molecule has 0 spiro atoms. The lowest BCUT2D eigenvalue weighted by atomic mass is 9.89. The van der Waals surface area contributed by atoms with Gasteiger partial charge in [-0.25, -0.2) is 0 Å². The van der Waals surface area contributed by atoms with Crippen LogP contribution in [-0.4, -0.2) is 23.5 Å². The highest BCUT2D eigenvalue weighted by atomic mass is 15.2. The van der Waals surface area contributed by atoms with Gasteiger partial charge in [-0.1, -0.05) is 24.3 Å². The highest BCUT2D eigenvalue weighted by molar-refractivity contribution is 5.29. The Labute approximate surface area is 104 Å². The zero-order chi connectivity index (χ0) is 11.7. The maximum absolute atomic E-state index is 5.98. The highest BCUT2D eigenvalue weighted by Gasteiger charge is 2.26. The summed E-state index contributed by atoms with van der Waals surface area (Å²) in [5.41, 5.74) is 9.07. The lowest BCUT2D eigenvalue weighted by molar-refractivity contribution is 0.135. The third-order valence-corrected chi connectivity index (χ3v) is 4.42. The predicted molar refractivity (Wildman–Crippen MR) is 70.8 cm³/mol. The van der Waals surface area contributed by atoms with Crippen molar-refractivity contribution >= 4 is 0 Å². The molecule has 17 heavy (non-hydrogen) atoms. The van der Waals surface area contributed by atoms with Gasteiger partial charge in [0.2, 0.25) is 0 Å². The summed E-state index contributed by atoms with van der Waals surface area (Å²) >= 11 is 0. The van der Waals surface area contributed by atoms with Gasteiger partial charge in [-0.15, -0.1) is 0 Å². The fourth-order valence-corrected chi connectivity index (χ4v) is 3.30. The third-order valence-electron chi connectivity index (χ3n) is 4.42. The summed E-state index contributed by atoms with van der Waals surface area (Å²) in [4.78, 5) is 2.67. The highest BCUT2D eigenvalue weighted by Crippen LogP contribution is 2.27. The lowest BCUT2D eigenvalue weighted by Crippen LogP contribution is -2.43. The van der Waals surface area contributed by atoms with Gasteiger partial charge in [0.05, 0.1) is 0 Å². The van der Waals surface area contributed by atoms with Crippen LogP contribution in [0.3, 0.4) is 0 Å². The molecule has 1 aliphatic heterocycles. The van der Waals surface area contributed by atoms with Crippen molar-refractivity contribution in [2.75, 3.05) is 6.54 Å². The number of nitrogens with two attached hydrogens (primary N) is 1. The first-order valence-electron chi connectivity index (χ1n) is 6.89. The first kappa shape index (κ1) is 11.2. The van der Waals surface area contributed by atoms with Crippen molar-refractivity contribution in [3.8, 4) is 0 Å². The topological polar surface area (TPSA) is 29.3 Å². The Balaban J connectivity index is 1.68. The second-order valence-corrected chi connectivity index (χ2v) is 5.56. The van der Waals surface area contributed by atoms with E-state index < -0.39 is 0 Å². The summed E-state index contributed by atoms with van der Waals surface area (Å²) in [6.45, 7) is 2.38. The van der Waals surface area contributed by atoms with Crippen LogP contribution < -0.4 is 5.73 Å². The molecule has 0 atom stereocenters. The van der Waals surface area contributed by atoms with Crippen molar-refractivity contribution in [3.63, 3.8) is 0 Å². The van der Waals surface area contributed by atoms with E-state index in [1.54, 1.807) is 5.56 Å². The van der Waals surface area contributed by atoms with Crippen molar-refractivity contribution in [2.24, 2.45) is 5.73 Å². The minimum absolute atomic E-state index is 0.461. The van der Waals surface area contributed by atoms with E-state index in [1.165, 1.54) is 44.2 Å². The fraction of sp³-hybridized carbons (Fsp3) is 0.600. The van der Waals surface area contributed by atoms with Gasteiger partial charge >= 0.3 is 0 Å². The number of hydrogen-bond donors (Lipinski definition) is 1. The minimum atomic E-state index is 0.461. The number of fused-ring (bicyclic) bond motifs is 1. The van der Waals surface area contributed by atoms with Gasteiger partial charge in [-0.2, -0.15) is 0 Å². The molecule has 1 heterocycles. The van der Waals surface area contributed by atoms with E-state index in [0.29, 0.717) is 6.04 Å². The van der Waals surface area contributed by atoms with Gasteiger partial charge in [-0.3, -0.25) is 4.90 Å². The average molecular weight is 230 g/mol. The van der Waals surface area contributed by atoms with Crippen LogP contribution >= 0.6 is 0 Å². The summed E-state index contributed by atoms with van der Waals surface area (Å²) in [7, 11) is 0. The van der Waals surface area contributed by atoms with Crippen LogP contribution in [0, 0.1) is 0 Å². The molecular weight excluding hydrogens is 208 g/mol. The van der Waals surface area contributed by atoms with Crippen LogP contribution in [-0.2, 0) is 13.0 Å². The monoisotopic (exact) mass is 230 g/mol. The van der Waals surface area contributed by atoms with Crippen LogP contribution in [0.5, 0.6) is 0 Å². The molecule has 0 amide bonds. The van der Waals surface area contributed by atoms with Gasteiger partial charge in [0.15, 0.2) is 0 Å². The predicted octanol–water partition coefficient (Wildman–Crippen LogP) is 2.31. The molecule has 0 radical (unpaired) electrons. The van der Waals surface area contributed by atoms with Crippen LogP contribution in [0.1, 0.15) is 36.8 Å². The summed E-state index contributed by atoms with van der Waals surface area (Å²) < 4.78 is 0. The summed E-state index contributed by atoms with van der Waals surface area (Å²) in [5, 5.41) is 0. The molecule has 0 aromatic heterocycles. The zero-order valence-electron chi connectivity index (χ0n) is 10.4. The van der Waals surface area contributed by atoms with Crippen LogP contribution in [0.2, 0.25) is 0 Å². The van der Waals surface area contributed by atoms with E-state index in [1.807, 2.05) is 0 Å². The molecule has 0 unspecified atom stereocenters. The van der Waals surface area contributed by atoms with E-state index in [9.17, 15) is 0 Å². The Morgan fingerprint density at radius 2 is 1.71 bits per heavy atom. The van der Waals surface area contributed by atoms with Gasteiger partial charge in [0, 0.05) is 25.2 Å². The normalized spacial score (nSPS) is 29.9. The average Bonchev–Trinajstić information content (AvgIpc) is 2.39. The number of nitrogens with zero attached hydrogens (tertiary/aromatic N) is 1. The first-order valence-corrected chi connectivity index (χ1v) is 6.89. The van der Waals surface area contributed by atoms with Crippen LogP contribution in [0.4, 0.5) is 0 Å². The third kappa shape index (κ3) is 2.38. The minimum Gasteiger partial charge on any atom is -0.328 e. The number of rotatable bonds is 1. The Hall–Kier alpha value is -0.860. The van der Waals surface area contributed by atoms with Gasteiger partial charge in [0.25, 0.3) is 0 Å². The Kier molecular flexibility index (Phi) is 3.17. The molecule has 0 bridgehead atoms. The van der Waals surface area contributed by atoms with Crippen molar-refractivity contribution < 1.29 is 0 Å². The summed E-state index contributed by atoms with van der Waals surface area (Å²) in [5.74, 6) is 0. The number of hydrogen-bond acceptors (Lipinski definition) is 2. The zero-order valence-corrected chi connectivity index (χ0v) is 10.4. The van der Waals surface area contributed by atoms with Crippen LogP contribution in [0.25, 0.3) is 0 Å². The fourth-order valence-electron chi connectivity index (χ4n) is 3.30. The van der Waals surface area contributed by atoms with E-state index in [2.05, 4.69) is 29.2 Å². The van der Waals surface area contributed by atoms with Gasteiger partial charge < -0.3 is 5.73 Å². The second kappa shape index (κ2) is 4.79. The van der Waals surface area contributed by atoms with E-state index in [0.717, 1.165) is 12.6 Å². The molecule has 1 aromatic rings. The largest absolute Gasteiger partial charge is 0.328 e. The van der Waals surface area contributed by atoms with E-state index in [-0.39, 0.29) is 0 Å². The van der Waals surface area contributed by atoms with Crippen molar-refractivity contribution in [2.45, 2.75) is 50.7 Å².